The molecule has 0 aromatic carbocycles. The summed E-state index contributed by atoms with van der Waals surface area (Å²) >= 11 is 0. The van der Waals surface area contributed by atoms with Crippen molar-refractivity contribution in [3.05, 3.63) is 23.7 Å². The van der Waals surface area contributed by atoms with Crippen molar-refractivity contribution in [2.45, 2.75) is 33.2 Å². The Hall–Kier alpha value is -1.82. The molecule has 2 aliphatic heterocycles. The number of hydrogen-bond acceptors (Lipinski definition) is 4. The lowest BCUT2D eigenvalue weighted by Crippen LogP contribution is -2.43. The van der Waals surface area contributed by atoms with Crippen LogP contribution in [0, 0.1) is 11.3 Å². The van der Waals surface area contributed by atoms with Gasteiger partial charge in [0.15, 0.2) is 0 Å². The highest BCUT2D eigenvalue weighted by Crippen LogP contribution is 2.45. The van der Waals surface area contributed by atoms with E-state index in [1.807, 2.05) is 12.1 Å². The summed E-state index contributed by atoms with van der Waals surface area (Å²) in [7, 11) is 3.46. The number of carbonyl (C=O) groups is 2. The van der Waals surface area contributed by atoms with Crippen LogP contribution >= 0.6 is 0 Å². The SMILES string of the molecule is CCc1ccc(CN2C[C@@H](C)[C@@]3(CCN(CC(=O)N(C)C)C3=O)C2)o1. The van der Waals surface area contributed by atoms with Gasteiger partial charge in [-0.1, -0.05) is 13.8 Å². The van der Waals surface area contributed by atoms with Crippen molar-refractivity contribution in [3.63, 3.8) is 0 Å². The Morgan fingerprint density at radius 1 is 1.36 bits per heavy atom. The number of carbonyl (C=O) groups excluding carboxylic acids is 2. The van der Waals surface area contributed by atoms with Crippen LogP contribution in [0.5, 0.6) is 0 Å². The molecule has 0 radical (unpaired) electrons. The molecule has 2 fully saturated rings. The van der Waals surface area contributed by atoms with Crippen LogP contribution in [-0.2, 0) is 22.6 Å². The molecular weight excluding hydrogens is 318 g/mol. The summed E-state index contributed by atoms with van der Waals surface area (Å²) in [5.74, 6) is 2.38. The van der Waals surface area contributed by atoms with Gasteiger partial charge in [0.05, 0.1) is 18.5 Å². The molecule has 138 valence electrons. The fourth-order valence-electron chi connectivity index (χ4n) is 4.14. The molecule has 1 aromatic heterocycles. The maximum atomic E-state index is 13.1. The first-order chi connectivity index (χ1) is 11.9. The van der Waals surface area contributed by atoms with Crippen molar-refractivity contribution in [3.8, 4) is 0 Å². The van der Waals surface area contributed by atoms with E-state index in [1.165, 1.54) is 0 Å². The zero-order valence-electron chi connectivity index (χ0n) is 15.7. The monoisotopic (exact) mass is 347 g/mol. The minimum absolute atomic E-state index is 0.0180. The normalized spacial score (nSPS) is 26.8. The lowest BCUT2D eigenvalue weighted by atomic mass is 9.78. The number of likely N-dealkylation sites (tertiary alicyclic amines) is 2. The third kappa shape index (κ3) is 3.32. The average Bonchev–Trinajstić information content (AvgIpc) is 3.23. The molecule has 2 amide bonds. The van der Waals surface area contributed by atoms with Crippen molar-refractivity contribution in [1.82, 2.24) is 14.7 Å². The summed E-state index contributed by atoms with van der Waals surface area (Å²) in [5.41, 5.74) is -0.341. The van der Waals surface area contributed by atoms with Gasteiger partial charge >= 0.3 is 0 Å². The lowest BCUT2D eigenvalue weighted by molar-refractivity contribution is -0.142. The molecule has 0 bridgehead atoms. The molecule has 6 heteroatoms. The number of amides is 2. The van der Waals surface area contributed by atoms with Gasteiger partial charge in [-0.2, -0.15) is 0 Å². The van der Waals surface area contributed by atoms with Gasteiger partial charge in [0.1, 0.15) is 11.5 Å². The lowest BCUT2D eigenvalue weighted by Gasteiger charge is -2.27. The third-order valence-corrected chi connectivity index (χ3v) is 5.79. The van der Waals surface area contributed by atoms with Crippen LogP contribution in [0.4, 0.5) is 0 Å². The van der Waals surface area contributed by atoms with E-state index in [-0.39, 0.29) is 23.8 Å². The molecular formula is C19H29N3O3. The minimum atomic E-state index is -0.341. The predicted molar refractivity (Wildman–Crippen MR) is 94.9 cm³/mol. The van der Waals surface area contributed by atoms with E-state index in [1.54, 1.807) is 23.9 Å². The molecule has 0 saturated carbocycles. The summed E-state index contributed by atoms with van der Waals surface area (Å²) in [5, 5.41) is 0. The van der Waals surface area contributed by atoms with E-state index in [9.17, 15) is 9.59 Å². The highest BCUT2D eigenvalue weighted by atomic mass is 16.3. The van der Waals surface area contributed by atoms with Crippen molar-refractivity contribution in [1.29, 1.82) is 0 Å². The fraction of sp³-hybridized carbons (Fsp3) is 0.684. The highest BCUT2D eigenvalue weighted by Gasteiger charge is 2.55. The Labute approximate surface area is 149 Å². The average molecular weight is 347 g/mol. The second-order valence-corrected chi connectivity index (χ2v) is 7.71. The Balaban J connectivity index is 1.66. The van der Waals surface area contributed by atoms with Crippen molar-refractivity contribution in [2.24, 2.45) is 11.3 Å². The zero-order chi connectivity index (χ0) is 18.2. The van der Waals surface area contributed by atoms with E-state index >= 15 is 0 Å². The molecule has 2 saturated heterocycles. The van der Waals surface area contributed by atoms with Crippen molar-refractivity contribution >= 4 is 11.8 Å². The first-order valence-corrected chi connectivity index (χ1v) is 9.15. The second kappa shape index (κ2) is 6.83. The topological polar surface area (TPSA) is 57.0 Å². The highest BCUT2D eigenvalue weighted by molar-refractivity contribution is 5.90. The molecule has 0 N–H and O–H groups in total. The van der Waals surface area contributed by atoms with Crippen LogP contribution < -0.4 is 0 Å². The van der Waals surface area contributed by atoms with Crippen LogP contribution in [0.1, 0.15) is 31.8 Å². The van der Waals surface area contributed by atoms with Crippen LogP contribution in [0.25, 0.3) is 0 Å². The summed E-state index contributed by atoms with van der Waals surface area (Å²) in [4.78, 5) is 30.6. The number of furan rings is 1. The van der Waals surface area contributed by atoms with Gasteiger partial charge in [-0.25, -0.2) is 0 Å². The maximum Gasteiger partial charge on any atom is 0.241 e. The van der Waals surface area contributed by atoms with E-state index in [2.05, 4.69) is 18.7 Å². The van der Waals surface area contributed by atoms with Crippen LogP contribution in [0.15, 0.2) is 16.5 Å². The molecule has 3 heterocycles. The van der Waals surface area contributed by atoms with E-state index in [0.717, 1.165) is 44.0 Å². The number of aryl methyl sites for hydroxylation is 1. The summed E-state index contributed by atoms with van der Waals surface area (Å²) in [6, 6.07) is 4.06. The van der Waals surface area contributed by atoms with Gasteiger partial charge < -0.3 is 14.2 Å². The summed E-state index contributed by atoms with van der Waals surface area (Å²) in [6.07, 6.45) is 1.73. The number of rotatable bonds is 5. The molecule has 6 nitrogen and oxygen atoms in total. The van der Waals surface area contributed by atoms with E-state index < -0.39 is 0 Å². The van der Waals surface area contributed by atoms with Gasteiger partial charge in [-0.3, -0.25) is 14.5 Å². The Morgan fingerprint density at radius 2 is 2.08 bits per heavy atom. The van der Waals surface area contributed by atoms with Gasteiger partial charge in [-0.15, -0.1) is 0 Å². The molecule has 0 aliphatic carbocycles. The summed E-state index contributed by atoms with van der Waals surface area (Å²) in [6.45, 7) is 7.50. The predicted octanol–water partition coefficient (Wildman–Crippen LogP) is 1.60. The standard InChI is InChI=1S/C19H29N3O3/c1-5-15-6-7-16(25-15)11-21-10-14(2)19(13-21)8-9-22(18(19)24)12-17(23)20(3)4/h6-7,14H,5,8-13H2,1-4H3/t14-,19-/m1/s1. The second-order valence-electron chi connectivity index (χ2n) is 7.71. The quantitative estimate of drug-likeness (QED) is 0.812. The molecule has 3 rings (SSSR count). The van der Waals surface area contributed by atoms with Crippen LogP contribution in [0.2, 0.25) is 0 Å². The number of likely N-dealkylation sites (N-methyl/N-ethyl adjacent to an activating group) is 1. The Kier molecular flexibility index (Phi) is 4.91. The van der Waals surface area contributed by atoms with Gasteiger partial charge in [0.25, 0.3) is 0 Å². The summed E-state index contributed by atoms with van der Waals surface area (Å²) < 4.78 is 5.82. The van der Waals surface area contributed by atoms with Crippen molar-refractivity contribution in [2.75, 3.05) is 40.3 Å². The van der Waals surface area contributed by atoms with E-state index in [0.29, 0.717) is 12.5 Å². The van der Waals surface area contributed by atoms with Gasteiger partial charge in [-0.05, 0) is 24.5 Å². The van der Waals surface area contributed by atoms with Gasteiger partial charge in [0, 0.05) is 40.2 Å². The maximum absolute atomic E-state index is 13.1. The Bertz CT molecular complexity index is 654. The number of nitrogens with zero attached hydrogens (tertiary/aromatic N) is 3. The zero-order valence-corrected chi connectivity index (χ0v) is 15.7. The third-order valence-electron chi connectivity index (χ3n) is 5.79. The molecule has 25 heavy (non-hydrogen) atoms. The van der Waals surface area contributed by atoms with Crippen molar-refractivity contribution < 1.29 is 14.0 Å². The smallest absolute Gasteiger partial charge is 0.241 e. The number of hydrogen-bond donors (Lipinski definition) is 0. The molecule has 1 aromatic rings. The molecule has 2 aliphatic rings. The fourth-order valence-corrected chi connectivity index (χ4v) is 4.14. The largest absolute Gasteiger partial charge is 0.465 e. The van der Waals surface area contributed by atoms with E-state index in [4.69, 9.17) is 4.42 Å². The first-order valence-electron chi connectivity index (χ1n) is 9.15. The molecule has 0 unspecified atom stereocenters. The first kappa shape index (κ1) is 18.0. The molecule has 2 atom stereocenters. The van der Waals surface area contributed by atoms with Crippen LogP contribution in [-0.4, -0.2) is 66.8 Å². The van der Waals surface area contributed by atoms with Crippen LogP contribution in [0.3, 0.4) is 0 Å². The Morgan fingerprint density at radius 3 is 2.72 bits per heavy atom. The van der Waals surface area contributed by atoms with Gasteiger partial charge in [0.2, 0.25) is 11.8 Å². The minimum Gasteiger partial charge on any atom is -0.465 e. The molecule has 1 spiro atoms.